The number of imidazole rings is 1. The third-order valence-corrected chi connectivity index (χ3v) is 7.87. The Labute approximate surface area is 248 Å². The number of hydrogen-bond acceptors (Lipinski definition) is 7. The topological polar surface area (TPSA) is 98.8 Å². The maximum Gasteiger partial charge on any atom is 0.159 e. The first kappa shape index (κ1) is 27.2. The summed E-state index contributed by atoms with van der Waals surface area (Å²) in [5.41, 5.74) is 7.53. The Bertz CT molecular complexity index is 1910. The molecule has 43 heavy (non-hydrogen) atoms. The fourth-order valence-electron chi connectivity index (χ4n) is 5.69. The summed E-state index contributed by atoms with van der Waals surface area (Å²) < 4.78 is 20.5. The molecule has 1 aliphatic rings. The molecule has 0 atom stereocenters. The zero-order valence-electron chi connectivity index (χ0n) is 24.3. The van der Waals surface area contributed by atoms with E-state index < -0.39 is 5.82 Å². The van der Waals surface area contributed by atoms with Crippen LogP contribution in [0.15, 0.2) is 67.1 Å². The number of aromatic nitrogens is 6. The van der Waals surface area contributed by atoms with Crippen molar-refractivity contribution < 1.29 is 9.13 Å². The van der Waals surface area contributed by atoms with E-state index in [0.717, 1.165) is 53.7 Å². The molecule has 0 spiro atoms. The molecule has 218 valence electrons. The summed E-state index contributed by atoms with van der Waals surface area (Å²) in [6.45, 7) is 4.39. The SMILES string of the molecule is CN(C)CCOc1cc(F)cc(-c2nccc3[nH]c(-c4n[nH]c5ccc(-c6cncc(CN7CCCC7)c6)cc45)nc23)c1. The summed E-state index contributed by atoms with van der Waals surface area (Å²) in [6.07, 6.45) is 8.09. The molecule has 10 heteroatoms. The third kappa shape index (κ3) is 5.71. The van der Waals surface area contributed by atoms with Crippen molar-refractivity contribution in [2.45, 2.75) is 19.4 Å². The molecular formula is C33H33FN8O. The number of rotatable bonds is 9. The average molecular weight is 577 g/mol. The average Bonchev–Trinajstić information content (AvgIpc) is 3.76. The maximum absolute atomic E-state index is 14.6. The summed E-state index contributed by atoms with van der Waals surface area (Å²) in [5.74, 6) is 0.667. The molecule has 7 rings (SSSR count). The van der Waals surface area contributed by atoms with E-state index in [2.05, 4.69) is 48.2 Å². The van der Waals surface area contributed by atoms with Gasteiger partial charge >= 0.3 is 0 Å². The van der Waals surface area contributed by atoms with Crippen molar-refractivity contribution >= 4 is 21.9 Å². The van der Waals surface area contributed by atoms with Crippen LogP contribution in [0.3, 0.4) is 0 Å². The minimum atomic E-state index is -0.392. The van der Waals surface area contributed by atoms with Crippen LogP contribution >= 0.6 is 0 Å². The minimum Gasteiger partial charge on any atom is -0.492 e. The van der Waals surface area contributed by atoms with Crippen molar-refractivity contribution in [3.05, 3.63) is 78.5 Å². The highest BCUT2D eigenvalue weighted by molar-refractivity contribution is 5.97. The van der Waals surface area contributed by atoms with Gasteiger partial charge in [-0.3, -0.25) is 20.0 Å². The van der Waals surface area contributed by atoms with Crippen LogP contribution in [0.2, 0.25) is 0 Å². The second-order valence-electron chi connectivity index (χ2n) is 11.4. The van der Waals surface area contributed by atoms with Crippen molar-refractivity contribution in [1.82, 2.24) is 39.9 Å². The van der Waals surface area contributed by atoms with Crippen molar-refractivity contribution in [3.63, 3.8) is 0 Å². The lowest BCUT2D eigenvalue weighted by molar-refractivity contribution is 0.260. The number of benzene rings is 2. The van der Waals surface area contributed by atoms with Crippen molar-refractivity contribution in [3.8, 4) is 39.7 Å². The zero-order valence-corrected chi connectivity index (χ0v) is 24.3. The largest absolute Gasteiger partial charge is 0.492 e. The van der Waals surface area contributed by atoms with E-state index in [0.29, 0.717) is 40.6 Å². The van der Waals surface area contributed by atoms with Crippen molar-refractivity contribution in [2.24, 2.45) is 0 Å². The molecule has 1 aliphatic heterocycles. The lowest BCUT2D eigenvalue weighted by atomic mass is 10.0. The van der Waals surface area contributed by atoms with E-state index >= 15 is 0 Å². The molecule has 2 N–H and O–H groups in total. The van der Waals surface area contributed by atoms with Crippen LogP contribution in [0, 0.1) is 5.82 Å². The highest BCUT2D eigenvalue weighted by Crippen LogP contribution is 2.33. The molecule has 5 heterocycles. The molecule has 1 fully saturated rings. The van der Waals surface area contributed by atoms with Gasteiger partial charge in [-0.05, 0) is 87.6 Å². The summed E-state index contributed by atoms with van der Waals surface area (Å²) >= 11 is 0. The number of nitrogens with one attached hydrogen (secondary N) is 2. The van der Waals surface area contributed by atoms with E-state index in [-0.39, 0.29) is 0 Å². The number of ether oxygens (including phenoxy) is 1. The normalized spacial score (nSPS) is 14.0. The fraction of sp³-hybridized carbons (Fsp3) is 0.273. The molecule has 4 aromatic heterocycles. The predicted molar refractivity (Wildman–Crippen MR) is 166 cm³/mol. The van der Waals surface area contributed by atoms with Crippen molar-refractivity contribution in [2.75, 3.05) is 40.3 Å². The highest BCUT2D eigenvalue weighted by Gasteiger charge is 2.18. The van der Waals surface area contributed by atoms with E-state index in [1.807, 2.05) is 43.5 Å². The standard InChI is InChI=1S/C33H33FN8O/c1-41(2)11-12-43-26-15-23(14-25(34)17-26)30-32-29(7-8-36-30)37-33(38-32)31-27-16-22(5-6-28(27)39-40-31)24-13-21(18-35-19-24)20-42-9-3-4-10-42/h5-8,13-19H,3-4,9-12,20H2,1-2H3,(H,37,38)(H,39,40). The maximum atomic E-state index is 14.6. The molecule has 0 aliphatic carbocycles. The smallest absolute Gasteiger partial charge is 0.159 e. The van der Waals surface area contributed by atoms with E-state index in [4.69, 9.17) is 9.72 Å². The molecule has 0 amide bonds. The number of likely N-dealkylation sites (N-methyl/N-ethyl adjacent to an activating group) is 1. The van der Waals surface area contributed by atoms with Gasteiger partial charge in [0.2, 0.25) is 0 Å². The molecule has 0 radical (unpaired) electrons. The molecule has 0 saturated carbocycles. The van der Waals surface area contributed by atoms with Crippen LogP contribution in [0.25, 0.3) is 55.8 Å². The molecule has 0 bridgehead atoms. The van der Waals surface area contributed by atoms with Crippen molar-refractivity contribution in [1.29, 1.82) is 0 Å². The van der Waals surface area contributed by atoms with Gasteiger partial charge in [-0.1, -0.05) is 6.07 Å². The van der Waals surface area contributed by atoms with E-state index in [9.17, 15) is 4.39 Å². The number of aromatic amines is 2. The summed E-state index contributed by atoms with van der Waals surface area (Å²) in [5, 5.41) is 8.70. The zero-order chi connectivity index (χ0) is 29.3. The Morgan fingerprint density at radius 1 is 0.930 bits per heavy atom. The molecule has 9 nitrogen and oxygen atoms in total. The number of pyridine rings is 2. The van der Waals surface area contributed by atoms with Crippen LogP contribution in [0.1, 0.15) is 18.4 Å². The van der Waals surface area contributed by atoms with Gasteiger partial charge in [0.05, 0.1) is 16.7 Å². The molecular weight excluding hydrogens is 543 g/mol. The quantitative estimate of drug-likeness (QED) is 0.221. The van der Waals surface area contributed by atoms with Gasteiger partial charge in [0.15, 0.2) is 5.82 Å². The minimum absolute atomic E-state index is 0.392. The summed E-state index contributed by atoms with van der Waals surface area (Å²) in [6, 6.07) is 15.0. The van der Waals surface area contributed by atoms with Gasteiger partial charge in [0.25, 0.3) is 0 Å². The van der Waals surface area contributed by atoms with Crippen LogP contribution in [-0.2, 0) is 6.54 Å². The molecule has 2 aromatic carbocycles. The van der Waals surface area contributed by atoms with Gasteiger partial charge in [0, 0.05) is 54.3 Å². The number of fused-ring (bicyclic) bond motifs is 2. The van der Waals surface area contributed by atoms with Gasteiger partial charge in [0.1, 0.15) is 29.4 Å². The lowest BCUT2D eigenvalue weighted by Crippen LogP contribution is -2.19. The second-order valence-corrected chi connectivity index (χ2v) is 11.4. The van der Waals surface area contributed by atoms with Gasteiger partial charge in [-0.15, -0.1) is 0 Å². The van der Waals surface area contributed by atoms with Gasteiger partial charge in [-0.2, -0.15) is 5.10 Å². The highest BCUT2D eigenvalue weighted by atomic mass is 19.1. The van der Waals surface area contributed by atoms with Gasteiger partial charge in [-0.25, -0.2) is 9.37 Å². The fourth-order valence-corrected chi connectivity index (χ4v) is 5.69. The van der Waals surface area contributed by atoms with Crippen LogP contribution in [-0.4, -0.2) is 80.3 Å². The summed E-state index contributed by atoms with van der Waals surface area (Å²) in [4.78, 5) is 21.9. The molecule has 0 unspecified atom stereocenters. The first-order chi connectivity index (χ1) is 21.0. The number of nitrogens with zero attached hydrogens (tertiary/aromatic N) is 6. The molecule has 6 aromatic rings. The Hall–Kier alpha value is -4.67. The predicted octanol–water partition coefficient (Wildman–Crippen LogP) is 5.91. The lowest BCUT2D eigenvalue weighted by Gasteiger charge is -2.14. The third-order valence-electron chi connectivity index (χ3n) is 7.87. The molecule has 1 saturated heterocycles. The number of hydrogen-bond donors (Lipinski definition) is 2. The van der Waals surface area contributed by atoms with Crippen LogP contribution in [0.4, 0.5) is 4.39 Å². The number of halogens is 1. The second kappa shape index (κ2) is 11.5. The van der Waals surface area contributed by atoms with Crippen LogP contribution < -0.4 is 4.74 Å². The van der Waals surface area contributed by atoms with E-state index in [1.54, 1.807) is 12.3 Å². The van der Waals surface area contributed by atoms with Gasteiger partial charge < -0.3 is 14.6 Å². The first-order valence-corrected chi connectivity index (χ1v) is 14.6. The first-order valence-electron chi connectivity index (χ1n) is 14.6. The number of H-pyrrole nitrogens is 2. The Balaban J connectivity index is 1.22. The monoisotopic (exact) mass is 576 g/mol. The Morgan fingerprint density at radius 2 is 1.81 bits per heavy atom. The summed E-state index contributed by atoms with van der Waals surface area (Å²) in [7, 11) is 3.93. The Morgan fingerprint density at radius 3 is 2.67 bits per heavy atom. The Kier molecular flexibility index (Phi) is 7.30. The van der Waals surface area contributed by atoms with E-state index in [1.165, 1.54) is 30.5 Å². The number of likely N-dealkylation sites (tertiary alicyclic amines) is 1. The van der Waals surface area contributed by atoms with Crippen LogP contribution in [0.5, 0.6) is 5.75 Å².